The van der Waals surface area contributed by atoms with Gasteiger partial charge in [-0.3, -0.25) is 4.79 Å². The van der Waals surface area contributed by atoms with E-state index in [2.05, 4.69) is 5.32 Å². The van der Waals surface area contributed by atoms with E-state index in [-0.39, 0.29) is 24.5 Å². The van der Waals surface area contributed by atoms with Gasteiger partial charge in [-0.25, -0.2) is 0 Å². The lowest BCUT2D eigenvalue weighted by Crippen LogP contribution is -2.43. The van der Waals surface area contributed by atoms with E-state index in [0.29, 0.717) is 0 Å². The van der Waals surface area contributed by atoms with Crippen LogP contribution < -0.4 is 5.32 Å². The maximum Gasteiger partial charge on any atom is 0.225 e. The van der Waals surface area contributed by atoms with Crippen LogP contribution in [0, 0.1) is 5.92 Å². The van der Waals surface area contributed by atoms with Gasteiger partial charge in [0, 0.05) is 6.04 Å². The van der Waals surface area contributed by atoms with E-state index in [9.17, 15) is 4.79 Å². The Morgan fingerprint density at radius 2 is 2.40 bits per heavy atom. The van der Waals surface area contributed by atoms with Crippen LogP contribution in [0.3, 0.4) is 0 Å². The average Bonchev–Trinajstić information content (AvgIpc) is 1.88. The minimum Gasteiger partial charge on any atom is -0.396 e. The molecule has 1 fully saturated rings. The van der Waals surface area contributed by atoms with E-state index < -0.39 is 0 Å². The predicted molar refractivity (Wildman–Crippen MR) is 37.4 cm³/mol. The van der Waals surface area contributed by atoms with Gasteiger partial charge >= 0.3 is 0 Å². The highest BCUT2D eigenvalue weighted by Gasteiger charge is 2.24. The second kappa shape index (κ2) is 3.01. The number of rotatable bonds is 1. The van der Waals surface area contributed by atoms with Crippen LogP contribution in [0.4, 0.5) is 0 Å². The van der Waals surface area contributed by atoms with Crippen molar-refractivity contribution < 1.29 is 9.90 Å². The van der Waals surface area contributed by atoms with Crippen LogP contribution in [-0.2, 0) is 4.79 Å². The van der Waals surface area contributed by atoms with Gasteiger partial charge < -0.3 is 10.4 Å². The highest BCUT2D eigenvalue weighted by molar-refractivity contribution is 5.79. The quantitative estimate of drug-likeness (QED) is 0.538. The van der Waals surface area contributed by atoms with Crippen molar-refractivity contribution in [2.75, 3.05) is 6.61 Å². The second-order valence-corrected chi connectivity index (χ2v) is 2.87. The fraction of sp³-hybridized carbons (Fsp3) is 0.857. The minimum atomic E-state index is -0.156. The maximum atomic E-state index is 11.0. The van der Waals surface area contributed by atoms with E-state index in [4.69, 9.17) is 5.11 Å². The average molecular weight is 143 g/mol. The molecule has 1 saturated heterocycles. The summed E-state index contributed by atoms with van der Waals surface area (Å²) in [6.45, 7) is 1.96. The molecule has 0 bridgehead atoms. The van der Waals surface area contributed by atoms with Crippen LogP contribution >= 0.6 is 0 Å². The Hall–Kier alpha value is -0.570. The zero-order chi connectivity index (χ0) is 7.56. The highest BCUT2D eigenvalue weighted by atomic mass is 16.3. The fourth-order valence-corrected chi connectivity index (χ4v) is 1.19. The lowest BCUT2D eigenvalue weighted by molar-refractivity contribution is -0.128. The summed E-state index contributed by atoms with van der Waals surface area (Å²) in [5, 5.41) is 11.5. The third-order valence-corrected chi connectivity index (χ3v) is 1.93. The molecule has 10 heavy (non-hydrogen) atoms. The summed E-state index contributed by atoms with van der Waals surface area (Å²) in [6.07, 6.45) is 1.81. The molecule has 0 unspecified atom stereocenters. The first-order valence-electron chi connectivity index (χ1n) is 3.65. The predicted octanol–water partition coefficient (Wildman–Crippen LogP) is -0.107. The first kappa shape index (κ1) is 7.54. The van der Waals surface area contributed by atoms with Crippen molar-refractivity contribution in [3.63, 3.8) is 0 Å². The van der Waals surface area contributed by atoms with Crippen molar-refractivity contribution >= 4 is 5.91 Å². The SMILES string of the molecule is C[C@H]1CC[C@@H](CO)C(=O)N1. The maximum absolute atomic E-state index is 11.0. The molecule has 0 aliphatic carbocycles. The summed E-state index contributed by atoms with van der Waals surface area (Å²) in [7, 11) is 0. The molecule has 58 valence electrons. The summed E-state index contributed by atoms with van der Waals surface area (Å²) in [6, 6.07) is 0.287. The standard InChI is InChI=1S/C7H13NO2/c1-5-2-3-6(4-9)7(10)8-5/h5-6,9H,2-4H2,1H3,(H,8,10)/t5-,6-/m0/s1. The summed E-state index contributed by atoms with van der Waals surface area (Å²) in [5.41, 5.74) is 0. The Bertz CT molecular complexity index is 136. The lowest BCUT2D eigenvalue weighted by Gasteiger charge is -2.25. The number of hydrogen-bond acceptors (Lipinski definition) is 2. The van der Waals surface area contributed by atoms with Gasteiger partial charge in [0.2, 0.25) is 5.91 Å². The summed E-state index contributed by atoms with van der Waals surface area (Å²) in [5.74, 6) is -0.155. The summed E-state index contributed by atoms with van der Waals surface area (Å²) < 4.78 is 0. The Labute approximate surface area is 60.4 Å². The Morgan fingerprint density at radius 1 is 1.70 bits per heavy atom. The minimum absolute atomic E-state index is 0.00116. The normalized spacial score (nSPS) is 33.6. The topological polar surface area (TPSA) is 49.3 Å². The van der Waals surface area contributed by atoms with Gasteiger partial charge in [0.15, 0.2) is 0 Å². The van der Waals surface area contributed by atoms with Gasteiger partial charge in [-0.1, -0.05) is 0 Å². The van der Waals surface area contributed by atoms with Crippen LogP contribution in [0.15, 0.2) is 0 Å². The van der Waals surface area contributed by atoms with E-state index >= 15 is 0 Å². The first-order valence-corrected chi connectivity index (χ1v) is 3.65. The van der Waals surface area contributed by atoms with E-state index in [1.807, 2.05) is 6.92 Å². The molecular formula is C7H13NO2. The third-order valence-electron chi connectivity index (χ3n) is 1.93. The number of piperidine rings is 1. The summed E-state index contributed by atoms with van der Waals surface area (Å²) >= 11 is 0. The number of carbonyl (C=O) groups is 1. The molecule has 0 aromatic carbocycles. The van der Waals surface area contributed by atoms with Crippen LogP contribution in [0.1, 0.15) is 19.8 Å². The second-order valence-electron chi connectivity index (χ2n) is 2.87. The van der Waals surface area contributed by atoms with Crippen molar-refractivity contribution in [3.05, 3.63) is 0 Å². The molecule has 3 nitrogen and oxygen atoms in total. The Kier molecular flexibility index (Phi) is 2.27. The molecule has 0 aromatic rings. The molecule has 1 aliphatic heterocycles. The van der Waals surface area contributed by atoms with Crippen molar-refractivity contribution in [2.24, 2.45) is 5.92 Å². The molecule has 1 aliphatic rings. The van der Waals surface area contributed by atoms with Crippen molar-refractivity contribution in [1.82, 2.24) is 5.32 Å². The van der Waals surface area contributed by atoms with E-state index in [1.54, 1.807) is 0 Å². The molecule has 1 heterocycles. The molecule has 0 saturated carbocycles. The lowest BCUT2D eigenvalue weighted by atomic mass is 9.95. The molecule has 0 aromatic heterocycles. The Balaban J connectivity index is 2.43. The number of nitrogens with one attached hydrogen (secondary N) is 1. The molecule has 3 heteroatoms. The third kappa shape index (κ3) is 1.48. The largest absolute Gasteiger partial charge is 0.396 e. The summed E-state index contributed by atoms with van der Waals surface area (Å²) in [4.78, 5) is 11.0. The molecular weight excluding hydrogens is 130 g/mol. The first-order chi connectivity index (χ1) is 4.74. The number of hydrogen-bond donors (Lipinski definition) is 2. The zero-order valence-corrected chi connectivity index (χ0v) is 6.13. The smallest absolute Gasteiger partial charge is 0.225 e. The fourth-order valence-electron chi connectivity index (χ4n) is 1.19. The van der Waals surface area contributed by atoms with E-state index in [0.717, 1.165) is 12.8 Å². The van der Waals surface area contributed by atoms with Gasteiger partial charge in [-0.05, 0) is 19.8 Å². The molecule has 2 atom stereocenters. The molecule has 0 spiro atoms. The highest BCUT2D eigenvalue weighted by Crippen LogP contribution is 2.13. The van der Waals surface area contributed by atoms with E-state index in [1.165, 1.54) is 0 Å². The number of amides is 1. The molecule has 1 rings (SSSR count). The number of aliphatic hydroxyl groups is 1. The van der Waals surface area contributed by atoms with Gasteiger partial charge in [-0.2, -0.15) is 0 Å². The monoisotopic (exact) mass is 143 g/mol. The Morgan fingerprint density at radius 3 is 2.90 bits per heavy atom. The van der Waals surface area contributed by atoms with Crippen molar-refractivity contribution in [1.29, 1.82) is 0 Å². The zero-order valence-electron chi connectivity index (χ0n) is 6.13. The van der Waals surface area contributed by atoms with Gasteiger partial charge in [-0.15, -0.1) is 0 Å². The van der Waals surface area contributed by atoms with Crippen molar-refractivity contribution in [2.45, 2.75) is 25.8 Å². The number of aliphatic hydroxyl groups excluding tert-OH is 1. The van der Waals surface area contributed by atoms with Gasteiger partial charge in [0.1, 0.15) is 0 Å². The van der Waals surface area contributed by atoms with Crippen molar-refractivity contribution in [3.8, 4) is 0 Å². The van der Waals surface area contributed by atoms with Crippen LogP contribution in [0.25, 0.3) is 0 Å². The molecule has 1 amide bonds. The molecule has 2 N–H and O–H groups in total. The van der Waals surface area contributed by atoms with Crippen LogP contribution in [-0.4, -0.2) is 23.7 Å². The molecule has 0 radical (unpaired) electrons. The van der Waals surface area contributed by atoms with Gasteiger partial charge in [0.05, 0.1) is 12.5 Å². The van der Waals surface area contributed by atoms with Crippen LogP contribution in [0.5, 0.6) is 0 Å². The van der Waals surface area contributed by atoms with Gasteiger partial charge in [0.25, 0.3) is 0 Å². The van der Waals surface area contributed by atoms with Crippen LogP contribution in [0.2, 0.25) is 0 Å². The number of carbonyl (C=O) groups excluding carboxylic acids is 1.